The van der Waals surface area contributed by atoms with E-state index >= 15 is 0 Å². The van der Waals surface area contributed by atoms with E-state index in [4.69, 9.17) is 5.73 Å². The highest BCUT2D eigenvalue weighted by molar-refractivity contribution is 5.84. The standard InChI is InChI=1S/C21H25N3O2/c22-21(26)10-11-24-15-17(19-8-4-5-9-20(19)24)13-23-14-18(25)12-16-6-2-1-3-7-16/h1-9,15,18,23,25H,10-14H2,(H2,22,26). The van der Waals surface area contributed by atoms with Gasteiger partial charge in [-0.3, -0.25) is 4.79 Å². The van der Waals surface area contributed by atoms with Crippen LogP contribution in [0.1, 0.15) is 17.5 Å². The van der Waals surface area contributed by atoms with Crippen LogP contribution in [-0.4, -0.2) is 28.2 Å². The van der Waals surface area contributed by atoms with Crippen molar-refractivity contribution in [3.63, 3.8) is 0 Å². The third-order valence-electron chi connectivity index (χ3n) is 4.48. The molecule has 0 spiro atoms. The molecule has 0 bridgehead atoms. The number of aromatic nitrogens is 1. The highest BCUT2D eigenvalue weighted by atomic mass is 16.3. The van der Waals surface area contributed by atoms with Crippen LogP contribution in [0.25, 0.3) is 10.9 Å². The quantitative estimate of drug-likeness (QED) is 0.553. The second kappa shape index (κ2) is 8.65. The topological polar surface area (TPSA) is 80.3 Å². The summed E-state index contributed by atoms with van der Waals surface area (Å²) in [7, 11) is 0. The first-order valence-electron chi connectivity index (χ1n) is 8.91. The van der Waals surface area contributed by atoms with Gasteiger partial charge in [-0.25, -0.2) is 0 Å². The number of fused-ring (bicyclic) bond motifs is 1. The van der Waals surface area contributed by atoms with Crippen LogP contribution >= 0.6 is 0 Å². The zero-order chi connectivity index (χ0) is 18.4. The van der Waals surface area contributed by atoms with Crippen LogP contribution in [-0.2, 0) is 24.3 Å². The Hall–Kier alpha value is -2.63. The van der Waals surface area contributed by atoms with E-state index in [1.165, 1.54) is 0 Å². The zero-order valence-corrected chi connectivity index (χ0v) is 14.8. The number of carbonyl (C=O) groups is 1. The second-order valence-electron chi connectivity index (χ2n) is 6.56. The van der Waals surface area contributed by atoms with E-state index in [2.05, 4.69) is 22.1 Å². The SMILES string of the molecule is NC(=O)CCn1cc(CNCC(O)Cc2ccccc2)c2ccccc21. The van der Waals surface area contributed by atoms with E-state index in [9.17, 15) is 9.90 Å². The van der Waals surface area contributed by atoms with Crippen LogP contribution in [0.4, 0.5) is 0 Å². The first kappa shape index (κ1) is 18.2. The summed E-state index contributed by atoms with van der Waals surface area (Å²) in [5.41, 5.74) is 8.65. The number of benzene rings is 2. The van der Waals surface area contributed by atoms with Crippen molar-refractivity contribution < 1.29 is 9.90 Å². The van der Waals surface area contributed by atoms with Gasteiger partial charge >= 0.3 is 0 Å². The van der Waals surface area contributed by atoms with Crippen molar-refractivity contribution in [2.75, 3.05) is 6.54 Å². The first-order chi connectivity index (χ1) is 12.6. The lowest BCUT2D eigenvalue weighted by atomic mass is 10.1. The van der Waals surface area contributed by atoms with Crippen LogP contribution in [0.3, 0.4) is 0 Å². The van der Waals surface area contributed by atoms with Gasteiger partial charge in [0.05, 0.1) is 6.10 Å². The van der Waals surface area contributed by atoms with Crippen molar-refractivity contribution in [1.82, 2.24) is 9.88 Å². The number of primary amides is 1. The fourth-order valence-electron chi connectivity index (χ4n) is 3.21. The molecule has 5 nitrogen and oxygen atoms in total. The summed E-state index contributed by atoms with van der Waals surface area (Å²) in [6, 6.07) is 18.1. The second-order valence-corrected chi connectivity index (χ2v) is 6.56. The van der Waals surface area contributed by atoms with Crippen molar-refractivity contribution in [3.8, 4) is 0 Å². The lowest BCUT2D eigenvalue weighted by Gasteiger charge is -2.11. The van der Waals surface area contributed by atoms with E-state index in [1.54, 1.807) is 0 Å². The maximum absolute atomic E-state index is 11.1. The smallest absolute Gasteiger partial charge is 0.219 e. The molecule has 3 aromatic rings. The van der Waals surface area contributed by atoms with Gasteiger partial charge in [0, 0.05) is 43.2 Å². The Morgan fingerprint density at radius 3 is 2.62 bits per heavy atom. The molecule has 0 aliphatic carbocycles. The van der Waals surface area contributed by atoms with Crippen LogP contribution < -0.4 is 11.1 Å². The molecule has 1 aromatic heterocycles. The zero-order valence-electron chi connectivity index (χ0n) is 14.8. The highest BCUT2D eigenvalue weighted by Gasteiger charge is 2.10. The minimum atomic E-state index is -0.430. The third kappa shape index (κ3) is 4.71. The van der Waals surface area contributed by atoms with E-state index in [0.717, 1.165) is 22.0 Å². The summed E-state index contributed by atoms with van der Waals surface area (Å²) in [4.78, 5) is 11.1. The largest absolute Gasteiger partial charge is 0.391 e. The Bertz CT molecular complexity index is 858. The number of aliphatic hydroxyl groups excluding tert-OH is 1. The molecule has 0 fully saturated rings. The van der Waals surface area contributed by atoms with Gasteiger partial charge in [-0.15, -0.1) is 0 Å². The van der Waals surface area contributed by atoms with E-state index < -0.39 is 6.10 Å². The molecule has 26 heavy (non-hydrogen) atoms. The molecule has 5 heteroatoms. The molecule has 4 N–H and O–H groups in total. The number of amides is 1. The molecule has 0 aliphatic rings. The van der Waals surface area contributed by atoms with Gasteiger partial charge < -0.3 is 20.7 Å². The predicted molar refractivity (Wildman–Crippen MR) is 104 cm³/mol. The molecule has 136 valence electrons. The lowest BCUT2D eigenvalue weighted by Crippen LogP contribution is -2.28. The Kier molecular flexibility index (Phi) is 6.04. The number of rotatable bonds is 9. The molecule has 1 atom stereocenters. The molecule has 2 aromatic carbocycles. The number of para-hydroxylation sites is 1. The van der Waals surface area contributed by atoms with Crippen molar-refractivity contribution >= 4 is 16.8 Å². The maximum Gasteiger partial charge on any atom is 0.219 e. The van der Waals surface area contributed by atoms with Gasteiger partial charge in [0.2, 0.25) is 5.91 Å². The van der Waals surface area contributed by atoms with Gasteiger partial charge in [-0.1, -0.05) is 48.5 Å². The summed E-state index contributed by atoms with van der Waals surface area (Å²) < 4.78 is 2.07. The lowest BCUT2D eigenvalue weighted by molar-refractivity contribution is -0.118. The number of nitrogens with zero attached hydrogens (tertiary/aromatic N) is 1. The number of carbonyl (C=O) groups excluding carboxylic acids is 1. The van der Waals surface area contributed by atoms with E-state index in [1.807, 2.05) is 48.5 Å². The van der Waals surface area contributed by atoms with Crippen LogP contribution in [0.15, 0.2) is 60.8 Å². The number of aryl methyl sites for hydroxylation is 1. The normalized spacial score (nSPS) is 12.3. The molecule has 1 amide bonds. The van der Waals surface area contributed by atoms with Gasteiger partial charge in [0.25, 0.3) is 0 Å². The maximum atomic E-state index is 11.1. The predicted octanol–water partition coefficient (Wildman–Crippen LogP) is 2.21. The van der Waals surface area contributed by atoms with E-state index in [0.29, 0.717) is 32.5 Å². The van der Waals surface area contributed by atoms with Crippen molar-refractivity contribution in [2.45, 2.75) is 32.0 Å². The minimum Gasteiger partial charge on any atom is -0.391 e. The van der Waals surface area contributed by atoms with Gasteiger partial charge in [-0.05, 0) is 23.6 Å². The Labute approximate surface area is 153 Å². The minimum absolute atomic E-state index is 0.300. The number of hydrogen-bond donors (Lipinski definition) is 3. The highest BCUT2D eigenvalue weighted by Crippen LogP contribution is 2.21. The van der Waals surface area contributed by atoms with Gasteiger partial charge in [-0.2, -0.15) is 0 Å². The van der Waals surface area contributed by atoms with Crippen molar-refractivity contribution in [2.24, 2.45) is 5.73 Å². The summed E-state index contributed by atoms with van der Waals surface area (Å²) in [5, 5.41) is 14.7. The Balaban J connectivity index is 1.60. The molecular formula is C21H25N3O2. The summed E-state index contributed by atoms with van der Waals surface area (Å²) in [6.45, 7) is 1.76. The van der Waals surface area contributed by atoms with Crippen LogP contribution in [0.2, 0.25) is 0 Å². The van der Waals surface area contributed by atoms with Crippen LogP contribution in [0.5, 0.6) is 0 Å². The number of nitrogens with two attached hydrogens (primary N) is 1. The molecule has 0 radical (unpaired) electrons. The molecule has 1 heterocycles. The van der Waals surface area contributed by atoms with Crippen molar-refractivity contribution in [3.05, 3.63) is 71.9 Å². The monoisotopic (exact) mass is 351 g/mol. The molecule has 1 unspecified atom stereocenters. The number of aliphatic hydroxyl groups is 1. The molecule has 0 saturated carbocycles. The van der Waals surface area contributed by atoms with Gasteiger partial charge in [0.1, 0.15) is 0 Å². The van der Waals surface area contributed by atoms with Crippen molar-refractivity contribution in [1.29, 1.82) is 0 Å². The first-order valence-corrected chi connectivity index (χ1v) is 8.91. The van der Waals surface area contributed by atoms with Gasteiger partial charge in [0.15, 0.2) is 0 Å². The van der Waals surface area contributed by atoms with E-state index in [-0.39, 0.29) is 5.91 Å². The summed E-state index contributed by atoms with van der Waals surface area (Å²) in [6.07, 6.45) is 2.58. The Morgan fingerprint density at radius 1 is 1.12 bits per heavy atom. The Morgan fingerprint density at radius 2 is 1.85 bits per heavy atom. The number of nitrogens with one attached hydrogen (secondary N) is 1. The third-order valence-corrected chi connectivity index (χ3v) is 4.48. The number of hydrogen-bond acceptors (Lipinski definition) is 3. The summed E-state index contributed by atoms with van der Waals surface area (Å²) >= 11 is 0. The fraction of sp³-hybridized carbons (Fsp3) is 0.286. The summed E-state index contributed by atoms with van der Waals surface area (Å²) in [5.74, 6) is -0.300. The fourth-order valence-corrected chi connectivity index (χ4v) is 3.21. The molecule has 0 aliphatic heterocycles. The average molecular weight is 351 g/mol. The average Bonchev–Trinajstić information content (AvgIpc) is 2.99. The molecule has 3 rings (SSSR count). The molecule has 0 saturated heterocycles. The molecular weight excluding hydrogens is 326 g/mol. The van der Waals surface area contributed by atoms with Crippen LogP contribution in [0, 0.1) is 0 Å².